The lowest BCUT2D eigenvalue weighted by atomic mass is 9.74. The number of anilines is 1. The molecular formula is C17H23NO. The largest absolute Gasteiger partial charge is 0.382 e. The van der Waals surface area contributed by atoms with Gasteiger partial charge in [-0.05, 0) is 74.6 Å². The van der Waals surface area contributed by atoms with Crippen LogP contribution in [0.5, 0.6) is 0 Å². The summed E-state index contributed by atoms with van der Waals surface area (Å²) in [7, 11) is 0. The van der Waals surface area contributed by atoms with Gasteiger partial charge < -0.3 is 10.1 Å². The number of rotatable bonds is 2. The number of hydrogen-bond donors (Lipinski definition) is 1. The molecule has 102 valence electrons. The van der Waals surface area contributed by atoms with Crippen molar-refractivity contribution in [2.24, 2.45) is 0 Å². The van der Waals surface area contributed by atoms with E-state index in [2.05, 4.69) is 23.5 Å². The van der Waals surface area contributed by atoms with E-state index in [-0.39, 0.29) is 5.60 Å². The van der Waals surface area contributed by atoms with Crippen molar-refractivity contribution in [3.8, 4) is 0 Å². The van der Waals surface area contributed by atoms with Gasteiger partial charge in [-0.2, -0.15) is 0 Å². The second-order valence-corrected chi connectivity index (χ2v) is 6.56. The highest BCUT2D eigenvalue weighted by molar-refractivity contribution is 5.50. The number of benzene rings is 1. The van der Waals surface area contributed by atoms with Gasteiger partial charge in [0.1, 0.15) is 0 Å². The van der Waals surface area contributed by atoms with Crippen LogP contribution in [0.4, 0.5) is 5.69 Å². The molecule has 2 heteroatoms. The summed E-state index contributed by atoms with van der Waals surface area (Å²) < 4.78 is 6.00. The van der Waals surface area contributed by atoms with Crippen LogP contribution in [0, 0.1) is 0 Å². The number of fused-ring (bicyclic) bond motifs is 1. The molecule has 1 heterocycles. The fraction of sp³-hybridized carbons (Fsp3) is 0.647. The summed E-state index contributed by atoms with van der Waals surface area (Å²) in [6.07, 6.45) is 10.1. The van der Waals surface area contributed by atoms with E-state index < -0.39 is 0 Å². The highest BCUT2D eigenvalue weighted by Gasteiger charge is 2.42. The minimum Gasteiger partial charge on any atom is -0.382 e. The monoisotopic (exact) mass is 257 g/mol. The van der Waals surface area contributed by atoms with Gasteiger partial charge in [0, 0.05) is 18.3 Å². The molecule has 1 N–H and O–H groups in total. The number of ether oxygens (including phenoxy) is 1. The van der Waals surface area contributed by atoms with Crippen molar-refractivity contribution in [1.29, 1.82) is 0 Å². The van der Waals surface area contributed by atoms with Gasteiger partial charge in [0.2, 0.25) is 0 Å². The molecule has 19 heavy (non-hydrogen) atoms. The number of hydrogen-bond acceptors (Lipinski definition) is 2. The zero-order chi connectivity index (χ0) is 12.7. The van der Waals surface area contributed by atoms with Gasteiger partial charge in [-0.25, -0.2) is 0 Å². The maximum Gasteiger partial charge on any atom is 0.0702 e. The third kappa shape index (κ3) is 2.16. The molecule has 0 amide bonds. The molecule has 3 aliphatic rings. The van der Waals surface area contributed by atoms with Crippen LogP contribution in [0.25, 0.3) is 0 Å². The quantitative estimate of drug-likeness (QED) is 0.872. The number of nitrogens with one attached hydrogen (secondary N) is 1. The first-order valence-electron chi connectivity index (χ1n) is 7.85. The second-order valence-electron chi connectivity index (χ2n) is 6.56. The molecule has 2 aliphatic carbocycles. The molecule has 2 fully saturated rings. The van der Waals surface area contributed by atoms with Crippen molar-refractivity contribution in [3.63, 3.8) is 0 Å². The van der Waals surface area contributed by atoms with Gasteiger partial charge in [-0.15, -0.1) is 0 Å². The van der Waals surface area contributed by atoms with E-state index >= 15 is 0 Å². The van der Waals surface area contributed by atoms with E-state index in [1.165, 1.54) is 50.6 Å². The molecule has 1 aliphatic heterocycles. The predicted octanol–water partition coefficient (Wildman–Crippen LogP) is 3.69. The fourth-order valence-corrected chi connectivity index (χ4v) is 3.97. The molecule has 0 aromatic heterocycles. The Balaban J connectivity index is 1.46. The fourth-order valence-electron chi connectivity index (χ4n) is 3.97. The van der Waals surface area contributed by atoms with E-state index in [9.17, 15) is 0 Å². The third-order valence-corrected chi connectivity index (χ3v) is 5.23. The van der Waals surface area contributed by atoms with Crippen molar-refractivity contribution in [1.82, 2.24) is 0 Å². The molecule has 1 atom stereocenters. The molecule has 1 aromatic rings. The summed E-state index contributed by atoms with van der Waals surface area (Å²) in [6, 6.07) is 7.58. The van der Waals surface area contributed by atoms with Gasteiger partial charge in [-0.3, -0.25) is 0 Å². The minimum absolute atomic E-state index is 0.243. The Morgan fingerprint density at radius 3 is 2.84 bits per heavy atom. The summed E-state index contributed by atoms with van der Waals surface area (Å²) in [5.41, 5.74) is 4.69. The topological polar surface area (TPSA) is 21.3 Å². The third-order valence-electron chi connectivity index (χ3n) is 5.23. The van der Waals surface area contributed by atoms with Crippen LogP contribution in [0.1, 0.15) is 49.7 Å². The zero-order valence-electron chi connectivity index (χ0n) is 11.6. The molecule has 1 unspecified atom stereocenters. The number of aryl methyl sites for hydroxylation is 2. The normalized spacial score (nSPS) is 27.9. The molecular weight excluding hydrogens is 234 g/mol. The summed E-state index contributed by atoms with van der Waals surface area (Å²) in [6.45, 7) is 0.933. The maximum absolute atomic E-state index is 6.00. The highest BCUT2D eigenvalue weighted by atomic mass is 16.5. The first-order valence-corrected chi connectivity index (χ1v) is 7.85. The molecule has 1 spiro atoms. The first kappa shape index (κ1) is 11.8. The first-order chi connectivity index (χ1) is 9.33. The van der Waals surface area contributed by atoms with Gasteiger partial charge in [0.25, 0.3) is 0 Å². The second kappa shape index (κ2) is 4.52. The van der Waals surface area contributed by atoms with E-state index in [4.69, 9.17) is 4.74 Å². The van der Waals surface area contributed by atoms with Crippen molar-refractivity contribution < 1.29 is 4.74 Å². The van der Waals surface area contributed by atoms with Crippen LogP contribution < -0.4 is 5.32 Å². The molecule has 4 rings (SSSR count). The van der Waals surface area contributed by atoms with Gasteiger partial charge in [-0.1, -0.05) is 6.07 Å². The lowest BCUT2D eigenvalue weighted by molar-refractivity contribution is -0.130. The Labute approximate surface area is 115 Å². The lowest BCUT2D eigenvalue weighted by Crippen LogP contribution is -2.49. The molecule has 1 saturated carbocycles. The standard InChI is InChI=1S/C17H23NO/c1-3-13-5-6-15(11-14(13)4-1)18-16-7-10-19-17(12-16)8-2-9-17/h5-6,11,16,18H,1-4,7-10,12H2. The van der Waals surface area contributed by atoms with Crippen LogP contribution in [0.2, 0.25) is 0 Å². The van der Waals surface area contributed by atoms with Crippen LogP contribution in [0.15, 0.2) is 18.2 Å². The van der Waals surface area contributed by atoms with Crippen molar-refractivity contribution in [2.45, 2.75) is 63.0 Å². The van der Waals surface area contributed by atoms with E-state index in [1.807, 2.05) is 0 Å². The molecule has 1 aromatic carbocycles. The van der Waals surface area contributed by atoms with E-state index in [0.29, 0.717) is 6.04 Å². The van der Waals surface area contributed by atoms with Crippen LogP contribution in [-0.2, 0) is 17.6 Å². The Morgan fingerprint density at radius 1 is 1.11 bits per heavy atom. The Kier molecular flexibility index (Phi) is 2.80. The van der Waals surface area contributed by atoms with Crippen molar-refractivity contribution >= 4 is 5.69 Å². The van der Waals surface area contributed by atoms with E-state index in [1.54, 1.807) is 11.1 Å². The molecule has 2 nitrogen and oxygen atoms in total. The van der Waals surface area contributed by atoms with Gasteiger partial charge in [0.05, 0.1) is 5.60 Å². The molecule has 1 saturated heterocycles. The van der Waals surface area contributed by atoms with Crippen molar-refractivity contribution in [3.05, 3.63) is 29.3 Å². The van der Waals surface area contributed by atoms with Crippen molar-refractivity contribution in [2.75, 3.05) is 11.9 Å². The Morgan fingerprint density at radius 2 is 2.00 bits per heavy atom. The molecule has 0 radical (unpaired) electrons. The minimum atomic E-state index is 0.243. The van der Waals surface area contributed by atoms with Crippen LogP contribution >= 0.6 is 0 Å². The maximum atomic E-state index is 6.00. The zero-order valence-corrected chi connectivity index (χ0v) is 11.6. The lowest BCUT2D eigenvalue weighted by Gasteiger charge is -2.47. The van der Waals surface area contributed by atoms with Gasteiger partial charge in [0.15, 0.2) is 0 Å². The van der Waals surface area contributed by atoms with Crippen LogP contribution in [-0.4, -0.2) is 18.2 Å². The summed E-state index contributed by atoms with van der Waals surface area (Å²) in [5.74, 6) is 0. The molecule has 0 bridgehead atoms. The van der Waals surface area contributed by atoms with E-state index in [0.717, 1.165) is 13.0 Å². The summed E-state index contributed by atoms with van der Waals surface area (Å²) in [5, 5.41) is 3.75. The smallest absolute Gasteiger partial charge is 0.0702 e. The van der Waals surface area contributed by atoms with Crippen LogP contribution in [0.3, 0.4) is 0 Å². The summed E-state index contributed by atoms with van der Waals surface area (Å²) >= 11 is 0. The predicted molar refractivity (Wildman–Crippen MR) is 77.6 cm³/mol. The van der Waals surface area contributed by atoms with Gasteiger partial charge >= 0.3 is 0 Å². The average Bonchev–Trinajstić information content (AvgIpc) is 2.85. The Bertz CT molecular complexity index is 478. The summed E-state index contributed by atoms with van der Waals surface area (Å²) in [4.78, 5) is 0. The SMILES string of the molecule is c1cc2c(cc1NC1CCOC3(CCC3)C1)CCC2. The average molecular weight is 257 g/mol. The highest BCUT2D eigenvalue weighted by Crippen LogP contribution is 2.43. The Hall–Kier alpha value is -1.02.